The van der Waals surface area contributed by atoms with Crippen molar-refractivity contribution in [2.75, 3.05) is 5.75 Å². The maximum Gasteiger partial charge on any atom is 0.230 e. The highest BCUT2D eigenvalue weighted by Gasteiger charge is 2.38. The first kappa shape index (κ1) is 20.8. The molecule has 0 saturated heterocycles. The van der Waals surface area contributed by atoms with Crippen LogP contribution in [0.1, 0.15) is 61.4 Å². The summed E-state index contributed by atoms with van der Waals surface area (Å²) in [6.45, 7) is 8.56. The Morgan fingerprint density at radius 2 is 1.82 bits per heavy atom. The number of rotatable bonds is 7. The van der Waals surface area contributed by atoms with Gasteiger partial charge in [0, 0.05) is 17.7 Å². The molecule has 1 amide bonds. The fraction of sp³-hybridized carbons (Fsp3) is 0.458. The molecule has 1 heterocycles. The van der Waals surface area contributed by atoms with Crippen molar-refractivity contribution in [1.82, 2.24) is 5.32 Å². The smallest absolute Gasteiger partial charge is 0.230 e. The van der Waals surface area contributed by atoms with Gasteiger partial charge < -0.3 is 10.1 Å². The third-order valence-corrected chi connectivity index (χ3v) is 6.61. The summed E-state index contributed by atoms with van der Waals surface area (Å²) >= 11 is 1.67. The van der Waals surface area contributed by atoms with Gasteiger partial charge in [-0.1, -0.05) is 61.4 Å². The topological polar surface area (TPSA) is 38.3 Å². The Labute approximate surface area is 173 Å². The largest absolute Gasteiger partial charge is 0.487 e. The third kappa shape index (κ3) is 4.91. The maximum atomic E-state index is 12.7. The van der Waals surface area contributed by atoms with E-state index in [4.69, 9.17) is 4.74 Å². The first-order valence-electron chi connectivity index (χ1n) is 10.2. The van der Waals surface area contributed by atoms with Crippen molar-refractivity contribution in [3.63, 3.8) is 0 Å². The predicted octanol–water partition coefficient (Wildman–Crippen LogP) is 5.74. The van der Waals surface area contributed by atoms with Crippen LogP contribution < -0.4 is 10.1 Å². The number of thioether (sulfide) groups is 1. The molecule has 3 rings (SSSR count). The molecule has 4 heteroatoms. The number of hydrogen-bond acceptors (Lipinski definition) is 3. The molecule has 0 spiro atoms. The molecular weight excluding hydrogens is 366 g/mol. The molecule has 1 aliphatic rings. The standard InChI is InChI=1S/C24H31NO2S/c1-5-24(6-2)14-21(20-9-7-8-10-22(20)27-24)25-23(26)16-28-15-19-12-17(3)11-18(4)13-19/h7-13,21H,5-6,14-16H2,1-4H3,(H,25,26)/t21-/m0/s1. The third-order valence-electron chi connectivity index (χ3n) is 5.60. The van der Waals surface area contributed by atoms with Gasteiger partial charge in [-0.2, -0.15) is 0 Å². The highest BCUT2D eigenvalue weighted by atomic mass is 32.2. The van der Waals surface area contributed by atoms with Crippen LogP contribution in [0.3, 0.4) is 0 Å². The Morgan fingerprint density at radius 3 is 2.50 bits per heavy atom. The number of para-hydroxylation sites is 1. The van der Waals surface area contributed by atoms with Gasteiger partial charge in [0.15, 0.2) is 0 Å². The second kappa shape index (κ2) is 9.04. The molecular formula is C24H31NO2S. The van der Waals surface area contributed by atoms with Crippen molar-refractivity contribution in [3.8, 4) is 5.75 Å². The molecule has 0 radical (unpaired) electrons. The van der Waals surface area contributed by atoms with Gasteiger partial charge in [-0.25, -0.2) is 0 Å². The zero-order valence-electron chi connectivity index (χ0n) is 17.4. The van der Waals surface area contributed by atoms with Crippen LogP contribution in [0.15, 0.2) is 42.5 Å². The lowest BCUT2D eigenvalue weighted by Crippen LogP contribution is -2.44. The SMILES string of the molecule is CCC1(CC)C[C@H](NC(=O)CSCc2cc(C)cc(C)c2)c2ccccc2O1. The van der Waals surface area contributed by atoms with E-state index in [0.29, 0.717) is 5.75 Å². The summed E-state index contributed by atoms with van der Waals surface area (Å²) in [7, 11) is 0. The molecule has 0 aromatic heterocycles. The van der Waals surface area contributed by atoms with Gasteiger partial charge in [0.1, 0.15) is 11.4 Å². The maximum absolute atomic E-state index is 12.7. The summed E-state index contributed by atoms with van der Waals surface area (Å²) in [5.41, 5.74) is 4.72. The number of hydrogen-bond donors (Lipinski definition) is 1. The molecule has 150 valence electrons. The summed E-state index contributed by atoms with van der Waals surface area (Å²) in [5.74, 6) is 2.33. The fourth-order valence-corrected chi connectivity index (χ4v) is 4.85. The normalized spacial score (nSPS) is 17.5. The minimum absolute atomic E-state index is 0.0131. The van der Waals surface area contributed by atoms with Gasteiger partial charge >= 0.3 is 0 Å². The van der Waals surface area contributed by atoms with Gasteiger partial charge in [-0.05, 0) is 38.3 Å². The Kier molecular flexibility index (Phi) is 6.71. The molecule has 3 nitrogen and oxygen atoms in total. The predicted molar refractivity (Wildman–Crippen MR) is 118 cm³/mol. The number of fused-ring (bicyclic) bond motifs is 1. The Bertz CT molecular complexity index is 809. The van der Waals surface area contributed by atoms with E-state index in [9.17, 15) is 4.79 Å². The molecule has 2 aromatic rings. The number of carbonyl (C=O) groups excluding carboxylic acids is 1. The second-order valence-electron chi connectivity index (χ2n) is 7.84. The highest BCUT2D eigenvalue weighted by Crippen LogP contribution is 2.42. The molecule has 1 atom stereocenters. The van der Waals surface area contributed by atoms with E-state index in [-0.39, 0.29) is 17.6 Å². The summed E-state index contributed by atoms with van der Waals surface area (Å²) in [6.07, 6.45) is 2.70. The van der Waals surface area contributed by atoms with E-state index in [1.807, 2.05) is 18.2 Å². The molecule has 0 bridgehead atoms. The van der Waals surface area contributed by atoms with Gasteiger partial charge in [-0.15, -0.1) is 11.8 Å². The number of carbonyl (C=O) groups is 1. The lowest BCUT2D eigenvalue weighted by atomic mass is 9.83. The summed E-state index contributed by atoms with van der Waals surface area (Å²) < 4.78 is 6.33. The van der Waals surface area contributed by atoms with Crippen LogP contribution in [0.4, 0.5) is 0 Å². The number of nitrogens with one attached hydrogen (secondary N) is 1. The van der Waals surface area contributed by atoms with E-state index in [2.05, 4.69) is 57.3 Å². The first-order chi connectivity index (χ1) is 13.4. The molecule has 1 aliphatic heterocycles. The molecule has 0 saturated carbocycles. The fourth-order valence-electron chi connectivity index (χ4n) is 4.08. The number of benzene rings is 2. The zero-order chi connectivity index (χ0) is 20.1. The first-order valence-corrected chi connectivity index (χ1v) is 11.3. The van der Waals surface area contributed by atoms with Crippen LogP contribution in [0, 0.1) is 13.8 Å². The average Bonchev–Trinajstić information content (AvgIpc) is 2.67. The zero-order valence-corrected chi connectivity index (χ0v) is 18.2. The van der Waals surface area contributed by atoms with Gasteiger partial charge in [0.25, 0.3) is 0 Å². The minimum Gasteiger partial charge on any atom is -0.487 e. The lowest BCUT2D eigenvalue weighted by molar-refractivity contribution is -0.120. The summed E-state index contributed by atoms with van der Waals surface area (Å²) in [6, 6.07) is 14.7. The Morgan fingerprint density at radius 1 is 1.14 bits per heavy atom. The second-order valence-corrected chi connectivity index (χ2v) is 8.83. The lowest BCUT2D eigenvalue weighted by Gasteiger charge is -2.41. The minimum atomic E-state index is -0.196. The van der Waals surface area contributed by atoms with Crippen molar-refractivity contribution in [3.05, 3.63) is 64.7 Å². The molecule has 2 aromatic carbocycles. The van der Waals surface area contributed by atoms with E-state index in [1.54, 1.807) is 11.8 Å². The number of aryl methyl sites for hydroxylation is 2. The Hall–Kier alpha value is -1.94. The van der Waals surface area contributed by atoms with Gasteiger partial charge in [0.2, 0.25) is 5.91 Å². The van der Waals surface area contributed by atoms with Crippen molar-refractivity contribution in [2.24, 2.45) is 0 Å². The summed E-state index contributed by atoms with van der Waals surface area (Å²) in [4.78, 5) is 12.7. The molecule has 28 heavy (non-hydrogen) atoms. The van der Waals surface area contributed by atoms with E-state index in [0.717, 1.165) is 36.3 Å². The van der Waals surface area contributed by atoms with Crippen LogP contribution in [0.5, 0.6) is 5.75 Å². The molecule has 0 unspecified atom stereocenters. The van der Waals surface area contributed by atoms with E-state index >= 15 is 0 Å². The molecule has 1 N–H and O–H groups in total. The van der Waals surface area contributed by atoms with Crippen LogP contribution >= 0.6 is 11.8 Å². The van der Waals surface area contributed by atoms with Crippen molar-refractivity contribution in [1.29, 1.82) is 0 Å². The van der Waals surface area contributed by atoms with Crippen molar-refractivity contribution < 1.29 is 9.53 Å². The number of amides is 1. The van der Waals surface area contributed by atoms with Crippen molar-refractivity contribution in [2.45, 2.75) is 64.4 Å². The highest BCUT2D eigenvalue weighted by molar-refractivity contribution is 7.99. The van der Waals surface area contributed by atoms with E-state index < -0.39 is 0 Å². The van der Waals surface area contributed by atoms with Crippen molar-refractivity contribution >= 4 is 17.7 Å². The van der Waals surface area contributed by atoms with E-state index in [1.165, 1.54) is 16.7 Å². The van der Waals surface area contributed by atoms with Crippen LogP contribution in [0.2, 0.25) is 0 Å². The summed E-state index contributed by atoms with van der Waals surface area (Å²) in [5, 5.41) is 3.27. The van der Waals surface area contributed by atoms with Crippen LogP contribution in [0.25, 0.3) is 0 Å². The van der Waals surface area contributed by atoms with Crippen LogP contribution in [-0.2, 0) is 10.5 Å². The molecule has 0 aliphatic carbocycles. The quantitative estimate of drug-likeness (QED) is 0.648. The molecule has 0 fully saturated rings. The Balaban J connectivity index is 1.62. The monoisotopic (exact) mass is 397 g/mol. The number of ether oxygens (including phenoxy) is 1. The van der Waals surface area contributed by atoms with Gasteiger partial charge in [0.05, 0.1) is 11.8 Å². The van der Waals surface area contributed by atoms with Gasteiger partial charge in [-0.3, -0.25) is 4.79 Å². The average molecular weight is 398 g/mol. The van der Waals surface area contributed by atoms with Crippen LogP contribution in [-0.4, -0.2) is 17.3 Å².